The first-order valence-electron chi connectivity index (χ1n) is 6.55. The van der Waals surface area contributed by atoms with Crippen LogP contribution in [0.3, 0.4) is 0 Å². The van der Waals surface area contributed by atoms with E-state index in [2.05, 4.69) is 47.8 Å². The summed E-state index contributed by atoms with van der Waals surface area (Å²) in [5.41, 5.74) is 1.79. The second kappa shape index (κ2) is 5.35. The SMILES string of the molecule is CCCCC1(Cn2ccnc2)C=CC=C(C)C1. The molecule has 92 valence electrons. The number of aromatic nitrogens is 2. The van der Waals surface area contributed by atoms with Crippen LogP contribution in [0.2, 0.25) is 0 Å². The molecule has 1 aliphatic carbocycles. The predicted octanol–water partition coefficient (Wildman–Crippen LogP) is 3.97. The largest absolute Gasteiger partial charge is 0.337 e. The topological polar surface area (TPSA) is 17.8 Å². The van der Waals surface area contributed by atoms with Crippen molar-refractivity contribution in [2.45, 2.75) is 46.1 Å². The van der Waals surface area contributed by atoms with Crippen LogP contribution in [-0.4, -0.2) is 9.55 Å². The van der Waals surface area contributed by atoms with Gasteiger partial charge in [-0.1, -0.05) is 43.6 Å². The normalized spacial score (nSPS) is 23.8. The molecule has 1 atom stereocenters. The van der Waals surface area contributed by atoms with E-state index in [4.69, 9.17) is 0 Å². The summed E-state index contributed by atoms with van der Waals surface area (Å²) in [5, 5.41) is 0. The first-order valence-corrected chi connectivity index (χ1v) is 6.55. The Morgan fingerprint density at radius 1 is 1.47 bits per heavy atom. The summed E-state index contributed by atoms with van der Waals surface area (Å²) < 4.78 is 2.21. The van der Waals surface area contributed by atoms with Crippen molar-refractivity contribution in [1.82, 2.24) is 9.55 Å². The van der Waals surface area contributed by atoms with Crippen molar-refractivity contribution in [3.63, 3.8) is 0 Å². The van der Waals surface area contributed by atoms with Crippen LogP contribution in [0.1, 0.15) is 39.5 Å². The van der Waals surface area contributed by atoms with E-state index in [1.54, 1.807) is 0 Å². The number of nitrogens with zero attached hydrogens (tertiary/aromatic N) is 2. The van der Waals surface area contributed by atoms with Gasteiger partial charge in [0.2, 0.25) is 0 Å². The molecule has 1 unspecified atom stereocenters. The van der Waals surface area contributed by atoms with Crippen molar-refractivity contribution in [3.05, 3.63) is 42.5 Å². The molecule has 0 saturated carbocycles. The molecule has 1 aliphatic rings. The van der Waals surface area contributed by atoms with Gasteiger partial charge in [-0.25, -0.2) is 4.98 Å². The summed E-state index contributed by atoms with van der Waals surface area (Å²) in [6.45, 7) is 5.55. The Labute approximate surface area is 104 Å². The maximum atomic E-state index is 4.14. The molecule has 0 radical (unpaired) electrons. The van der Waals surface area contributed by atoms with Gasteiger partial charge < -0.3 is 4.57 Å². The number of allylic oxidation sites excluding steroid dienone is 4. The van der Waals surface area contributed by atoms with Crippen molar-refractivity contribution in [3.8, 4) is 0 Å². The van der Waals surface area contributed by atoms with Gasteiger partial charge in [0, 0.05) is 24.4 Å². The van der Waals surface area contributed by atoms with E-state index in [9.17, 15) is 0 Å². The minimum absolute atomic E-state index is 0.301. The second-order valence-corrected chi connectivity index (χ2v) is 5.25. The number of hydrogen-bond donors (Lipinski definition) is 0. The minimum atomic E-state index is 0.301. The van der Waals surface area contributed by atoms with Gasteiger partial charge in [0.05, 0.1) is 6.33 Å². The highest BCUT2D eigenvalue weighted by Gasteiger charge is 2.28. The minimum Gasteiger partial charge on any atom is -0.337 e. The summed E-state index contributed by atoms with van der Waals surface area (Å²) >= 11 is 0. The maximum absolute atomic E-state index is 4.14. The lowest BCUT2D eigenvalue weighted by Crippen LogP contribution is -2.26. The van der Waals surface area contributed by atoms with E-state index in [1.807, 2.05) is 12.5 Å². The van der Waals surface area contributed by atoms with Crippen molar-refractivity contribution in [1.29, 1.82) is 0 Å². The van der Waals surface area contributed by atoms with Crippen molar-refractivity contribution >= 4 is 0 Å². The molecule has 0 spiro atoms. The highest BCUT2D eigenvalue weighted by atomic mass is 15.0. The third-order valence-corrected chi connectivity index (χ3v) is 3.55. The standard InChI is InChI=1S/C15H22N2/c1-3-4-7-15(8-5-6-14(2)11-15)12-17-10-9-16-13-17/h5-6,8-10,13H,3-4,7,11-12H2,1-2H3. The highest BCUT2D eigenvalue weighted by molar-refractivity contribution is 5.22. The van der Waals surface area contributed by atoms with Gasteiger partial charge in [0.15, 0.2) is 0 Å². The molecule has 1 aromatic rings. The lowest BCUT2D eigenvalue weighted by molar-refractivity contribution is 0.282. The van der Waals surface area contributed by atoms with E-state index in [0.29, 0.717) is 5.41 Å². The van der Waals surface area contributed by atoms with Crippen LogP contribution in [0.15, 0.2) is 42.5 Å². The zero-order valence-corrected chi connectivity index (χ0v) is 10.9. The Morgan fingerprint density at radius 3 is 3.00 bits per heavy atom. The first kappa shape index (κ1) is 12.2. The van der Waals surface area contributed by atoms with Gasteiger partial charge in [-0.3, -0.25) is 0 Å². The van der Waals surface area contributed by atoms with E-state index < -0.39 is 0 Å². The fourth-order valence-electron chi connectivity index (χ4n) is 2.72. The molecule has 0 bridgehead atoms. The second-order valence-electron chi connectivity index (χ2n) is 5.25. The monoisotopic (exact) mass is 230 g/mol. The lowest BCUT2D eigenvalue weighted by atomic mass is 9.75. The highest BCUT2D eigenvalue weighted by Crippen LogP contribution is 2.38. The van der Waals surface area contributed by atoms with Crippen LogP contribution < -0.4 is 0 Å². The Balaban J connectivity index is 2.13. The molecule has 0 fully saturated rings. The van der Waals surface area contributed by atoms with E-state index in [-0.39, 0.29) is 0 Å². The van der Waals surface area contributed by atoms with Crippen LogP contribution in [0, 0.1) is 5.41 Å². The average Bonchev–Trinajstić information content (AvgIpc) is 2.79. The zero-order valence-electron chi connectivity index (χ0n) is 10.9. The molecule has 0 N–H and O–H groups in total. The maximum Gasteiger partial charge on any atom is 0.0946 e. The summed E-state index contributed by atoms with van der Waals surface area (Å²) in [7, 11) is 0. The van der Waals surface area contributed by atoms with Gasteiger partial charge in [-0.05, 0) is 19.8 Å². The molecule has 0 saturated heterocycles. The van der Waals surface area contributed by atoms with Crippen LogP contribution in [0.25, 0.3) is 0 Å². The predicted molar refractivity (Wildman–Crippen MR) is 71.7 cm³/mol. The van der Waals surface area contributed by atoms with E-state index in [0.717, 1.165) is 6.54 Å². The van der Waals surface area contributed by atoms with Crippen molar-refractivity contribution in [2.24, 2.45) is 5.41 Å². The fraction of sp³-hybridized carbons (Fsp3) is 0.533. The van der Waals surface area contributed by atoms with Crippen molar-refractivity contribution in [2.75, 3.05) is 0 Å². The quantitative estimate of drug-likeness (QED) is 0.748. The van der Waals surface area contributed by atoms with Crippen LogP contribution in [-0.2, 0) is 6.54 Å². The third kappa shape index (κ3) is 3.09. The molecule has 0 aliphatic heterocycles. The molecular weight excluding hydrogens is 208 g/mol. The fourth-order valence-corrected chi connectivity index (χ4v) is 2.72. The summed E-state index contributed by atoms with van der Waals surface area (Å²) in [6, 6.07) is 0. The molecular formula is C15H22N2. The number of unbranched alkanes of at least 4 members (excludes halogenated alkanes) is 1. The first-order chi connectivity index (χ1) is 8.24. The molecule has 2 rings (SSSR count). The Morgan fingerprint density at radius 2 is 2.35 bits per heavy atom. The number of hydrogen-bond acceptors (Lipinski definition) is 1. The van der Waals surface area contributed by atoms with Gasteiger partial charge in [0.25, 0.3) is 0 Å². The molecule has 1 heterocycles. The molecule has 0 aromatic carbocycles. The summed E-state index contributed by atoms with van der Waals surface area (Å²) in [6.07, 6.45) is 17.7. The van der Waals surface area contributed by atoms with Crippen LogP contribution in [0.5, 0.6) is 0 Å². The van der Waals surface area contributed by atoms with Gasteiger partial charge in [-0.2, -0.15) is 0 Å². The Bertz CT molecular complexity index is 401. The summed E-state index contributed by atoms with van der Waals surface area (Å²) in [5.74, 6) is 0. The van der Waals surface area contributed by atoms with E-state index >= 15 is 0 Å². The Hall–Kier alpha value is -1.31. The third-order valence-electron chi connectivity index (χ3n) is 3.55. The molecule has 2 heteroatoms. The molecule has 2 nitrogen and oxygen atoms in total. The van der Waals surface area contributed by atoms with Crippen LogP contribution >= 0.6 is 0 Å². The average molecular weight is 230 g/mol. The Kier molecular flexibility index (Phi) is 3.82. The lowest BCUT2D eigenvalue weighted by Gasteiger charge is -2.33. The van der Waals surface area contributed by atoms with Crippen molar-refractivity contribution < 1.29 is 0 Å². The van der Waals surface area contributed by atoms with Gasteiger partial charge >= 0.3 is 0 Å². The van der Waals surface area contributed by atoms with Crippen LogP contribution in [0.4, 0.5) is 0 Å². The number of imidazole rings is 1. The molecule has 17 heavy (non-hydrogen) atoms. The zero-order chi connectivity index (χ0) is 12.1. The van der Waals surface area contributed by atoms with Gasteiger partial charge in [-0.15, -0.1) is 0 Å². The van der Waals surface area contributed by atoms with Gasteiger partial charge in [0.1, 0.15) is 0 Å². The van der Waals surface area contributed by atoms with E-state index in [1.165, 1.54) is 31.3 Å². The molecule has 0 amide bonds. The smallest absolute Gasteiger partial charge is 0.0946 e. The summed E-state index contributed by atoms with van der Waals surface area (Å²) in [4.78, 5) is 4.14. The number of rotatable bonds is 5. The molecule has 1 aromatic heterocycles.